The zero-order valence-electron chi connectivity index (χ0n) is 17.5. The van der Waals surface area contributed by atoms with Crippen molar-refractivity contribution in [1.29, 1.82) is 0 Å². The first-order valence-electron chi connectivity index (χ1n) is 11.3. The van der Waals surface area contributed by atoms with Crippen LogP contribution >= 0.6 is 0 Å². The van der Waals surface area contributed by atoms with Gasteiger partial charge < -0.3 is 14.8 Å². The first-order chi connectivity index (χ1) is 14.1. The van der Waals surface area contributed by atoms with E-state index in [0.717, 1.165) is 51.1 Å². The summed E-state index contributed by atoms with van der Waals surface area (Å²) in [7, 11) is 2.16. The lowest BCUT2D eigenvalue weighted by Crippen LogP contribution is -2.47. The molecule has 0 bridgehead atoms. The quantitative estimate of drug-likeness (QED) is 0.697. The number of aromatic nitrogens is 1. The molecule has 3 N–H and O–H groups in total. The van der Waals surface area contributed by atoms with Crippen LogP contribution in [0.15, 0.2) is 12.1 Å². The largest absolute Gasteiger partial charge is 0.357 e. The van der Waals surface area contributed by atoms with Gasteiger partial charge in [0.15, 0.2) is 0 Å². The number of likely N-dealkylation sites (tertiary alicyclic amines) is 1. The molecule has 2 atom stereocenters. The molecule has 4 aliphatic rings. The van der Waals surface area contributed by atoms with Gasteiger partial charge in [0, 0.05) is 35.4 Å². The van der Waals surface area contributed by atoms with Gasteiger partial charge in [0.1, 0.15) is 0 Å². The Bertz CT molecular complexity index is 987. The lowest BCUT2D eigenvalue weighted by Gasteiger charge is -2.36. The Kier molecular flexibility index (Phi) is 3.90. The molecule has 1 spiro atoms. The van der Waals surface area contributed by atoms with Crippen molar-refractivity contribution < 1.29 is 4.79 Å². The maximum absolute atomic E-state index is 13.6. The highest BCUT2D eigenvalue weighted by molar-refractivity contribution is 6.10. The second-order valence-corrected chi connectivity index (χ2v) is 9.52. The molecule has 2 aromatic rings. The van der Waals surface area contributed by atoms with Crippen LogP contribution in [0.25, 0.3) is 10.9 Å². The van der Waals surface area contributed by atoms with Crippen molar-refractivity contribution in [2.24, 2.45) is 5.92 Å². The molecule has 1 aromatic heterocycles. The van der Waals surface area contributed by atoms with Crippen molar-refractivity contribution >= 4 is 22.5 Å². The number of fused-ring (bicyclic) bond motifs is 7. The highest BCUT2D eigenvalue weighted by Gasteiger charge is 2.51. The monoisotopic (exact) mass is 393 g/mol. The van der Waals surface area contributed by atoms with Crippen LogP contribution in [0.2, 0.25) is 0 Å². The first-order valence-corrected chi connectivity index (χ1v) is 11.3. The summed E-state index contributed by atoms with van der Waals surface area (Å²) in [6.45, 7) is 5.88. The Labute approximate surface area is 172 Å². The number of nitrogens with zero attached hydrogens (tertiary/aromatic N) is 2. The van der Waals surface area contributed by atoms with E-state index < -0.39 is 0 Å². The number of piperidine rings is 1. The smallest absolute Gasteiger partial charge is 0.237 e. The molecule has 154 valence electrons. The molecule has 1 aliphatic carbocycles. The third-order valence-corrected chi connectivity index (χ3v) is 8.08. The summed E-state index contributed by atoms with van der Waals surface area (Å²) in [6, 6.07) is 5.03. The molecule has 3 aliphatic heterocycles. The van der Waals surface area contributed by atoms with Gasteiger partial charge in [0.25, 0.3) is 0 Å². The summed E-state index contributed by atoms with van der Waals surface area (Å²) in [6.07, 6.45) is 5.46. The number of likely N-dealkylation sites (N-methyl/N-ethyl adjacent to an activating group) is 1. The number of hydrogen-bond acceptors (Lipinski definition) is 4. The van der Waals surface area contributed by atoms with E-state index in [0.29, 0.717) is 17.9 Å². The second kappa shape index (κ2) is 6.30. The van der Waals surface area contributed by atoms with Crippen molar-refractivity contribution in [1.82, 2.24) is 20.7 Å². The first kappa shape index (κ1) is 17.9. The average Bonchev–Trinajstić information content (AvgIpc) is 3.35. The number of H-pyrrole nitrogens is 1. The highest BCUT2D eigenvalue weighted by atomic mass is 16.2. The van der Waals surface area contributed by atoms with Gasteiger partial charge >= 0.3 is 0 Å². The standard InChI is InChI=1S/C23H31N5O/c1-3-28-19-11-16-15-6-4-5-14-13-24-26-20(14)21(15)25-18(16)12-17(19)23(22(28)29)7-9-27(2)10-8-23/h11-12,14,20,24-26H,3-10,13H2,1-2H3. The molecule has 6 rings (SSSR count). The van der Waals surface area contributed by atoms with Crippen LogP contribution in [0.3, 0.4) is 0 Å². The van der Waals surface area contributed by atoms with Gasteiger partial charge in [0.05, 0.1) is 11.5 Å². The number of aromatic amines is 1. The summed E-state index contributed by atoms with van der Waals surface area (Å²) < 4.78 is 0. The number of nitrogens with one attached hydrogen (secondary N) is 3. The number of amides is 1. The SMILES string of the molecule is CCN1C(=O)C2(CCN(C)CC2)c2cc3[nH]c4c(c3cc21)CCCC1CNNC41. The van der Waals surface area contributed by atoms with E-state index in [1.54, 1.807) is 0 Å². The van der Waals surface area contributed by atoms with Crippen LogP contribution in [0.4, 0.5) is 5.69 Å². The van der Waals surface area contributed by atoms with Crippen LogP contribution < -0.4 is 15.8 Å². The molecule has 0 saturated carbocycles. The van der Waals surface area contributed by atoms with Gasteiger partial charge in [-0.25, -0.2) is 5.43 Å². The molecular weight excluding hydrogens is 362 g/mol. The third kappa shape index (κ3) is 2.36. The molecule has 4 heterocycles. The summed E-state index contributed by atoms with van der Waals surface area (Å²) in [5.41, 5.74) is 13.0. The summed E-state index contributed by atoms with van der Waals surface area (Å²) in [4.78, 5) is 21.7. The minimum atomic E-state index is -0.329. The lowest BCUT2D eigenvalue weighted by atomic mass is 9.73. The molecule has 2 fully saturated rings. The summed E-state index contributed by atoms with van der Waals surface area (Å²) >= 11 is 0. The van der Waals surface area contributed by atoms with E-state index in [-0.39, 0.29) is 5.41 Å². The van der Waals surface area contributed by atoms with E-state index in [9.17, 15) is 4.79 Å². The van der Waals surface area contributed by atoms with E-state index in [1.165, 1.54) is 40.6 Å². The molecular formula is C23H31N5O. The third-order valence-electron chi connectivity index (χ3n) is 8.08. The number of aryl methyl sites for hydroxylation is 1. The Morgan fingerprint density at radius 2 is 2.07 bits per heavy atom. The average molecular weight is 394 g/mol. The predicted octanol–water partition coefficient (Wildman–Crippen LogP) is 2.60. The van der Waals surface area contributed by atoms with Crippen LogP contribution in [-0.4, -0.2) is 49.0 Å². The molecule has 29 heavy (non-hydrogen) atoms. The number of hydrazine groups is 1. The van der Waals surface area contributed by atoms with Gasteiger partial charge in [-0.15, -0.1) is 0 Å². The number of benzene rings is 1. The second-order valence-electron chi connectivity index (χ2n) is 9.52. The molecule has 1 aromatic carbocycles. The van der Waals surface area contributed by atoms with Crippen LogP contribution in [0.1, 0.15) is 55.5 Å². The highest BCUT2D eigenvalue weighted by Crippen LogP contribution is 2.50. The molecule has 6 heteroatoms. The van der Waals surface area contributed by atoms with E-state index >= 15 is 0 Å². The van der Waals surface area contributed by atoms with Crippen molar-refractivity contribution in [2.75, 3.05) is 38.1 Å². The normalized spacial score (nSPS) is 28.6. The van der Waals surface area contributed by atoms with Crippen molar-refractivity contribution in [3.05, 3.63) is 29.0 Å². The van der Waals surface area contributed by atoms with E-state index in [4.69, 9.17) is 0 Å². The summed E-state index contributed by atoms with van der Waals surface area (Å²) in [5, 5.41) is 1.32. The van der Waals surface area contributed by atoms with Gasteiger partial charge in [-0.1, -0.05) is 0 Å². The Morgan fingerprint density at radius 1 is 1.24 bits per heavy atom. The lowest BCUT2D eigenvalue weighted by molar-refractivity contribution is -0.124. The van der Waals surface area contributed by atoms with Crippen molar-refractivity contribution in [3.63, 3.8) is 0 Å². The van der Waals surface area contributed by atoms with Crippen LogP contribution in [0, 0.1) is 5.92 Å². The number of hydrogen-bond donors (Lipinski definition) is 3. The fourth-order valence-corrected chi connectivity index (χ4v) is 6.38. The van der Waals surface area contributed by atoms with Crippen LogP contribution in [0.5, 0.6) is 0 Å². The predicted molar refractivity (Wildman–Crippen MR) is 115 cm³/mol. The maximum atomic E-state index is 13.6. The Morgan fingerprint density at radius 3 is 2.86 bits per heavy atom. The minimum Gasteiger partial charge on any atom is -0.357 e. The molecule has 2 saturated heterocycles. The van der Waals surface area contributed by atoms with Gasteiger partial charge in [-0.05, 0) is 88.3 Å². The van der Waals surface area contributed by atoms with Gasteiger partial charge in [-0.2, -0.15) is 0 Å². The summed E-state index contributed by atoms with van der Waals surface area (Å²) in [5.74, 6) is 0.980. The minimum absolute atomic E-state index is 0.323. The van der Waals surface area contributed by atoms with Crippen molar-refractivity contribution in [2.45, 2.75) is 50.5 Å². The fourth-order valence-electron chi connectivity index (χ4n) is 6.38. The van der Waals surface area contributed by atoms with Gasteiger partial charge in [0.2, 0.25) is 5.91 Å². The Hall–Kier alpha value is -1.89. The molecule has 2 unspecified atom stereocenters. The topological polar surface area (TPSA) is 63.4 Å². The fraction of sp³-hybridized carbons (Fsp3) is 0.609. The number of carbonyl (C=O) groups is 1. The van der Waals surface area contributed by atoms with Gasteiger partial charge in [-0.3, -0.25) is 10.2 Å². The van der Waals surface area contributed by atoms with E-state index in [1.807, 2.05) is 4.90 Å². The molecule has 1 amide bonds. The number of rotatable bonds is 1. The van der Waals surface area contributed by atoms with Crippen LogP contribution in [-0.2, 0) is 16.6 Å². The zero-order valence-corrected chi connectivity index (χ0v) is 17.5. The maximum Gasteiger partial charge on any atom is 0.237 e. The number of carbonyl (C=O) groups excluding carboxylic acids is 1. The number of anilines is 1. The molecule has 0 radical (unpaired) electrons. The molecule has 6 nitrogen and oxygen atoms in total. The Balaban J connectivity index is 1.53. The zero-order chi connectivity index (χ0) is 19.8. The van der Waals surface area contributed by atoms with Crippen molar-refractivity contribution in [3.8, 4) is 0 Å². The van der Waals surface area contributed by atoms with E-state index in [2.05, 4.69) is 46.8 Å².